The Kier molecular flexibility index (Phi) is 6.69. The van der Waals surface area contributed by atoms with Crippen molar-refractivity contribution in [3.8, 4) is 0 Å². The lowest BCUT2D eigenvalue weighted by Crippen LogP contribution is -2.25. The van der Waals surface area contributed by atoms with Crippen LogP contribution in [0.5, 0.6) is 0 Å². The van der Waals surface area contributed by atoms with Crippen LogP contribution in [0.1, 0.15) is 63.4 Å². The second-order valence-electron chi connectivity index (χ2n) is 7.67. The first kappa shape index (κ1) is 21.7. The molecule has 0 bridgehead atoms. The Morgan fingerprint density at radius 3 is 2.43 bits per heavy atom. The quantitative estimate of drug-likeness (QED) is 0.468. The summed E-state index contributed by atoms with van der Waals surface area (Å²) in [6.07, 6.45) is 2.74. The predicted octanol–water partition coefficient (Wildman–Crippen LogP) is 4.99. The Morgan fingerprint density at radius 2 is 1.86 bits per heavy atom. The molecule has 0 saturated carbocycles. The van der Waals surface area contributed by atoms with Gasteiger partial charge >= 0.3 is 11.9 Å². The first-order valence-electron chi connectivity index (χ1n) is 9.24. The summed E-state index contributed by atoms with van der Waals surface area (Å²) in [5.74, 6) is -4.91. The van der Waals surface area contributed by atoms with Gasteiger partial charge in [0.2, 0.25) is 11.7 Å². The highest BCUT2D eigenvalue weighted by Crippen LogP contribution is 2.34. The highest BCUT2D eigenvalue weighted by molar-refractivity contribution is 5.88. The minimum Gasteiger partial charge on any atom is -0.457 e. The van der Waals surface area contributed by atoms with E-state index >= 15 is 0 Å². The Morgan fingerprint density at radius 1 is 1.21 bits per heavy atom. The molecule has 28 heavy (non-hydrogen) atoms. The molecule has 0 spiro atoms. The van der Waals surface area contributed by atoms with Crippen molar-refractivity contribution < 1.29 is 22.8 Å². The summed E-state index contributed by atoms with van der Waals surface area (Å²) in [6.45, 7) is 10.8. The van der Waals surface area contributed by atoms with Gasteiger partial charge in [0.1, 0.15) is 5.60 Å². The van der Waals surface area contributed by atoms with Crippen LogP contribution in [0.15, 0.2) is 40.9 Å². The average Bonchev–Trinajstić information content (AvgIpc) is 3.08. The molecule has 2 rings (SSSR count). The molecule has 0 N–H and O–H groups in total. The lowest BCUT2D eigenvalue weighted by molar-refractivity contribution is -0.150. The van der Waals surface area contributed by atoms with Gasteiger partial charge in [0, 0.05) is 11.1 Å². The van der Waals surface area contributed by atoms with Crippen LogP contribution >= 0.6 is 0 Å². The van der Waals surface area contributed by atoms with Crippen molar-refractivity contribution >= 4 is 5.97 Å². The number of hydrogen-bond donors (Lipinski definition) is 0. The zero-order valence-electron chi connectivity index (χ0n) is 16.7. The summed E-state index contributed by atoms with van der Waals surface area (Å²) in [5.41, 5.74) is 0.153. The number of aryl methyl sites for hydroxylation is 1. The lowest BCUT2D eigenvalue weighted by atomic mass is 10.0. The van der Waals surface area contributed by atoms with Gasteiger partial charge in [0.15, 0.2) is 0 Å². The van der Waals surface area contributed by atoms with E-state index in [4.69, 9.17) is 9.26 Å². The Hall–Kier alpha value is -2.57. The summed E-state index contributed by atoms with van der Waals surface area (Å²) in [5, 5.41) is 3.39. The summed E-state index contributed by atoms with van der Waals surface area (Å²) >= 11 is 0. The fraction of sp³-hybridized carbons (Fsp3) is 0.476. The molecule has 0 aliphatic rings. The molecule has 152 valence electrons. The van der Waals surface area contributed by atoms with E-state index in [0.717, 1.165) is 24.8 Å². The van der Waals surface area contributed by atoms with E-state index in [1.807, 2.05) is 0 Å². The van der Waals surface area contributed by atoms with E-state index in [9.17, 15) is 13.6 Å². The first-order valence-corrected chi connectivity index (χ1v) is 9.24. The Balaban J connectivity index is 2.09. The van der Waals surface area contributed by atoms with Gasteiger partial charge in [-0.25, -0.2) is 4.79 Å². The van der Waals surface area contributed by atoms with Crippen molar-refractivity contribution in [1.82, 2.24) is 10.1 Å². The SMILES string of the molecule is C=C(Cc1nc(C(F)(F)c2ccc(CCCC)cc2)no1)C(=O)OC(C)(C)C. The number of rotatable bonds is 8. The molecule has 0 radical (unpaired) electrons. The number of carbonyl (C=O) groups excluding carboxylic acids is 1. The van der Waals surface area contributed by atoms with E-state index in [2.05, 4.69) is 23.6 Å². The molecule has 0 atom stereocenters. The molecule has 0 aliphatic heterocycles. The number of alkyl halides is 2. The second kappa shape index (κ2) is 8.63. The number of ether oxygens (including phenoxy) is 1. The van der Waals surface area contributed by atoms with Crippen LogP contribution in [0.2, 0.25) is 0 Å². The van der Waals surface area contributed by atoms with E-state index < -0.39 is 23.3 Å². The Labute approximate surface area is 163 Å². The van der Waals surface area contributed by atoms with Crippen LogP contribution in [-0.2, 0) is 28.3 Å². The van der Waals surface area contributed by atoms with Crippen molar-refractivity contribution in [2.24, 2.45) is 0 Å². The number of halogens is 2. The van der Waals surface area contributed by atoms with E-state index in [1.165, 1.54) is 12.1 Å². The fourth-order valence-electron chi connectivity index (χ4n) is 2.45. The molecule has 1 heterocycles. The first-order chi connectivity index (χ1) is 13.0. The lowest BCUT2D eigenvalue weighted by Gasteiger charge is -2.19. The van der Waals surface area contributed by atoms with Crippen molar-refractivity contribution in [2.45, 2.75) is 64.9 Å². The molecular weight excluding hydrogens is 366 g/mol. The van der Waals surface area contributed by atoms with Crippen LogP contribution in [0.4, 0.5) is 8.78 Å². The number of benzene rings is 1. The third-order valence-corrected chi connectivity index (χ3v) is 3.94. The molecule has 0 amide bonds. The Bertz CT molecular complexity index is 821. The molecule has 1 aromatic heterocycles. The highest BCUT2D eigenvalue weighted by atomic mass is 19.3. The summed E-state index contributed by atoms with van der Waals surface area (Å²) in [7, 11) is 0. The third-order valence-electron chi connectivity index (χ3n) is 3.94. The van der Waals surface area contributed by atoms with Crippen molar-refractivity contribution in [3.05, 3.63) is 59.3 Å². The normalized spacial score (nSPS) is 12.1. The number of hydrogen-bond acceptors (Lipinski definition) is 5. The van der Waals surface area contributed by atoms with Gasteiger partial charge in [-0.1, -0.05) is 49.3 Å². The van der Waals surface area contributed by atoms with Gasteiger partial charge in [0.25, 0.3) is 0 Å². The van der Waals surface area contributed by atoms with E-state index in [0.29, 0.717) is 0 Å². The molecular formula is C21H26F2N2O3. The maximum absolute atomic E-state index is 14.7. The molecule has 7 heteroatoms. The van der Waals surface area contributed by atoms with Crippen LogP contribution in [0, 0.1) is 0 Å². The third kappa shape index (κ3) is 5.71. The smallest absolute Gasteiger partial charge is 0.335 e. The van der Waals surface area contributed by atoms with Gasteiger partial charge in [-0.05, 0) is 39.2 Å². The molecule has 0 saturated heterocycles. The van der Waals surface area contributed by atoms with Crippen molar-refractivity contribution in [2.75, 3.05) is 0 Å². The van der Waals surface area contributed by atoms with Crippen LogP contribution in [0.3, 0.4) is 0 Å². The molecule has 5 nitrogen and oxygen atoms in total. The fourth-order valence-corrected chi connectivity index (χ4v) is 2.45. The van der Waals surface area contributed by atoms with Crippen molar-refractivity contribution in [3.63, 3.8) is 0 Å². The maximum atomic E-state index is 14.7. The summed E-state index contributed by atoms with van der Waals surface area (Å²) in [6, 6.07) is 6.12. The molecule has 1 aromatic carbocycles. The van der Waals surface area contributed by atoms with Gasteiger partial charge in [0.05, 0.1) is 6.42 Å². The monoisotopic (exact) mass is 392 g/mol. The predicted molar refractivity (Wildman–Crippen MR) is 101 cm³/mol. The molecule has 2 aromatic rings. The number of nitrogens with zero attached hydrogens (tertiary/aromatic N) is 2. The number of unbranched alkanes of at least 4 members (excludes halogenated alkanes) is 1. The second-order valence-corrected chi connectivity index (χ2v) is 7.67. The number of esters is 1. The number of carbonyl (C=O) groups is 1. The standard InChI is InChI=1S/C21H26F2N2O3/c1-6-7-8-15-9-11-16(12-10-15)21(22,23)19-24-17(28-25-19)13-14(2)18(26)27-20(3,4)5/h9-12H,2,6-8,13H2,1,3-5H3. The average molecular weight is 392 g/mol. The molecule has 0 fully saturated rings. The zero-order valence-corrected chi connectivity index (χ0v) is 16.7. The summed E-state index contributed by atoms with van der Waals surface area (Å²) in [4.78, 5) is 15.7. The van der Waals surface area contributed by atoms with Crippen LogP contribution < -0.4 is 0 Å². The van der Waals surface area contributed by atoms with Gasteiger partial charge in [-0.2, -0.15) is 13.8 Å². The van der Waals surface area contributed by atoms with Gasteiger partial charge < -0.3 is 9.26 Å². The van der Waals surface area contributed by atoms with Crippen LogP contribution in [-0.4, -0.2) is 21.7 Å². The van der Waals surface area contributed by atoms with E-state index in [-0.39, 0.29) is 23.4 Å². The minimum absolute atomic E-state index is 0.0497. The zero-order chi connectivity index (χ0) is 20.9. The molecule has 0 aliphatic carbocycles. The summed E-state index contributed by atoms with van der Waals surface area (Å²) < 4.78 is 39.5. The minimum atomic E-state index is -3.40. The van der Waals surface area contributed by atoms with Crippen molar-refractivity contribution in [1.29, 1.82) is 0 Å². The number of aromatic nitrogens is 2. The largest absolute Gasteiger partial charge is 0.457 e. The van der Waals surface area contributed by atoms with Gasteiger partial charge in [-0.3, -0.25) is 0 Å². The highest BCUT2D eigenvalue weighted by Gasteiger charge is 2.39. The molecule has 0 unspecified atom stereocenters. The maximum Gasteiger partial charge on any atom is 0.335 e. The van der Waals surface area contributed by atoms with Crippen LogP contribution in [0.25, 0.3) is 0 Å². The van der Waals surface area contributed by atoms with E-state index in [1.54, 1.807) is 32.9 Å². The van der Waals surface area contributed by atoms with Gasteiger partial charge in [-0.15, -0.1) is 0 Å². The topological polar surface area (TPSA) is 65.2 Å².